The van der Waals surface area contributed by atoms with Gasteiger partial charge in [-0.3, -0.25) is 14.4 Å². The summed E-state index contributed by atoms with van der Waals surface area (Å²) in [4.78, 5) is 55.5. The maximum atomic E-state index is 13.6. The number of hydrogen-bond acceptors (Lipinski definition) is 10. The Bertz CT molecular complexity index is 2350. The van der Waals surface area contributed by atoms with E-state index in [-0.39, 0.29) is 48.8 Å². The summed E-state index contributed by atoms with van der Waals surface area (Å²) in [6, 6.07) is 0. The molecule has 0 radical (unpaired) electrons. The lowest BCUT2D eigenvalue weighted by molar-refractivity contribution is -0.144. The molecule has 0 aromatic carbocycles. The number of Topliss-reactive ketones (excluding diaryl/α,β-unsaturated/α-hetero) is 1. The van der Waals surface area contributed by atoms with Crippen LogP contribution < -0.4 is 5.32 Å². The van der Waals surface area contributed by atoms with Gasteiger partial charge in [0.25, 0.3) is 0 Å². The number of ether oxygens (including phenoxy) is 2. The highest BCUT2D eigenvalue weighted by molar-refractivity contribution is 6.29. The molecule has 0 amide bonds. The van der Waals surface area contributed by atoms with Crippen molar-refractivity contribution in [3.05, 3.63) is 103 Å². The Balaban J connectivity index is 1.22. The molecule has 6 rings (SSSR count). The molecule has 5 heterocycles. The maximum Gasteiger partial charge on any atom is 0.321 e. The minimum absolute atomic E-state index is 0.0748. The molecule has 0 aromatic heterocycles. The van der Waals surface area contributed by atoms with Crippen molar-refractivity contribution in [3.63, 3.8) is 0 Å². The van der Waals surface area contributed by atoms with E-state index in [9.17, 15) is 19.5 Å². The molecule has 0 aromatic rings. The second kappa shape index (κ2) is 21.5. The van der Waals surface area contributed by atoms with Crippen LogP contribution >= 0.6 is 0 Å². The first-order chi connectivity index (χ1) is 30.9. The van der Waals surface area contributed by atoms with Crippen molar-refractivity contribution < 1.29 is 29.0 Å². The van der Waals surface area contributed by atoms with Crippen molar-refractivity contribution >= 4 is 34.9 Å². The van der Waals surface area contributed by atoms with Crippen molar-refractivity contribution in [2.45, 2.75) is 153 Å². The minimum atomic E-state index is -1.16. The number of nitrogens with one attached hydrogen (secondary N) is 1. The van der Waals surface area contributed by atoms with Crippen LogP contribution in [-0.4, -0.2) is 53.7 Å². The monoisotopic (exact) mass is 887 g/mol. The minimum Gasteiger partial charge on any atom is -0.510 e. The third-order valence-electron chi connectivity index (χ3n) is 14.4. The van der Waals surface area contributed by atoms with Crippen LogP contribution in [0.25, 0.3) is 0 Å². The molecule has 1 saturated heterocycles. The number of aliphatic hydroxyl groups is 1. The SMILES string of the molecule is CC[C@H]1C2=CC3=C(C)C4=C(O)[C@H](C(=O)OC)C(=C5N=C(C=C6N=C(C=C(N2)[C@@H]1C)C(C(C)=O)=C6C)C(C)=C5CCC(=O)OC/C=C(\C)CCC[C@H](C)CCC[C@H](C)CCCC(C)C)C4=N3. The standard InChI is InChI=1S/C55H74N4O6/c1-13-39-34(7)41-29-46-48(38(11)60)36(9)43(57-46)27-42-35(8)40(52(58-42)50-51(55(63)64-12)54(62)49-37(10)44(59-53(49)50)28-45(39)56-41)23-24-47(61)65-26-25-33(6)22-16-21-32(5)20-15-19-31(4)18-14-17-30(2)3/h25,27-32,34,39,51,56,62H,13-24,26H2,1-12H3/b33-25+,41-29?,43-27?,45-28?,52-50?/t31-,32-,34-,39-,51-/m1/s1. The first kappa shape index (κ1) is 49.3. The van der Waals surface area contributed by atoms with Gasteiger partial charge in [-0.2, -0.15) is 0 Å². The Morgan fingerprint density at radius 2 is 1.51 bits per heavy atom. The Morgan fingerprint density at radius 3 is 2.15 bits per heavy atom. The topological polar surface area (TPSA) is 139 Å². The van der Waals surface area contributed by atoms with Crippen molar-refractivity contribution in [3.8, 4) is 0 Å². The van der Waals surface area contributed by atoms with Crippen LogP contribution in [0.1, 0.15) is 153 Å². The summed E-state index contributed by atoms with van der Waals surface area (Å²) in [5.74, 6) is 0.222. The van der Waals surface area contributed by atoms with Crippen LogP contribution in [-0.2, 0) is 23.9 Å². The fraction of sp³-hybridized carbons (Fsp3) is 0.564. The predicted molar refractivity (Wildman–Crippen MR) is 262 cm³/mol. The summed E-state index contributed by atoms with van der Waals surface area (Å²) in [5, 5.41) is 15.5. The fourth-order valence-corrected chi connectivity index (χ4v) is 10.3. The molecule has 5 atom stereocenters. The van der Waals surface area contributed by atoms with Crippen LogP contribution in [0.5, 0.6) is 0 Å². The van der Waals surface area contributed by atoms with Crippen LogP contribution in [0.2, 0.25) is 0 Å². The summed E-state index contributed by atoms with van der Waals surface area (Å²) in [6.07, 6.45) is 20.3. The summed E-state index contributed by atoms with van der Waals surface area (Å²) < 4.78 is 11.1. The summed E-state index contributed by atoms with van der Waals surface area (Å²) in [5.41, 5.74) is 11.0. The molecule has 0 spiro atoms. The van der Waals surface area contributed by atoms with Gasteiger partial charge in [-0.05, 0) is 125 Å². The lowest BCUT2D eigenvalue weighted by Gasteiger charge is -2.16. The van der Waals surface area contributed by atoms with Gasteiger partial charge in [0.05, 0.1) is 41.3 Å². The van der Waals surface area contributed by atoms with Crippen molar-refractivity contribution in [1.29, 1.82) is 0 Å². The highest BCUT2D eigenvalue weighted by Crippen LogP contribution is 2.48. The second-order valence-electron chi connectivity index (χ2n) is 19.9. The highest BCUT2D eigenvalue weighted by Gasteiger charge is 2.47. The maximum absolute atomic E-state index is 13.6. The van der Waals surface area contributed by atoms with E-state index in [0.29, 0.717) is 56.9 Å². The molecular weight excluding hydrogens is 813 g/mol. The molecule has 0 unspecified atom stereocenters. The van der Waals surface area contributed by atoms with E-state index in [4.69, 9.17) is 24.5 Å². The predicted octanol–water partition coefficient (Wildman–Crippen LogP) is 12.4. The number of aliphatic imine (C=N–C) groups is 3. The number of fused-ring (bicyclic) bond motifs is 5. The van der Waals surface area contributed by atoms with Crippen LogP contribution in [0.15, 0.2) is 118 Å². The lowest BCUT2D eigenvalue weighted by Crippen LogP contribution is -2.21. The number of aliphatic hydroxyl groups excluding tert-OH is 1. The molecule has 350 valence electrons. The number of nitrogens with zero attached hydrogens (tertiary/aromatic N) is 3. The summed E-state index contributed by atoms with van der Waals surface area (Å²) in [7, 11) is 1.30. The Morgan fingerprint density at radius 1 is 0.831 bits per heavy atom. The Kier molecular flexibility index (Phi) is 16.3. The average molecular weight is 887 g/mol. The smallest absolute Gasteiger partial charge is 0.321 e. The lowest BCUT2D eigenvalue weighted by atomic mass is 9.89. The zero-order valence-corrected chi connectivity index (χ0v) is 41.3. The van der Waals surface area contributed by atoms with Gasteiger partial charge in [-0.25, -0.2) is 15.0 Å². The number of ketones is 1. The number of allylic oxidation sites excluding steroid dienone is 12. The molecule has 0 saturated carbocycles. The van der Waals surface area contributed by atoms with Crippen molar-refractivity contribution in [2.75, 3.05) is 13.7 Å². The van der Waals surface area contributed by atoms with Crippen molar-refractivity contribution in [2.24, 2.45) is 50.5 Å². The molecule has 10 heteroatoms. The molecule has 5 aliphatic heterocycles. The second-order valence-corrected chi connectivity index (χ2v) is 19.9. The number of hydrogen-bond donors (Lipinski definition) is 2. The quantitative estimate of drug-likeness (QED) is 0.0916. The zero-order valence-electron chi connectivity index (χ0n) is 41.3. The highest BCUT2D eigenvalue weighted by atomic mass is 16.5. The van der Waals surface area contributed by atoms with Crippen molar-refractivity contribution in [1.82, 2.24) is 5.32 Å². The van der Waals surface area contributed by atoms with E-state index >= 15 is 0 Å². The van der Waals surface area contributed by atoms with Gasteiger partial charge in [0, 0.05) is 46.4 Å². The van der Waals surface area contributed by atoms with Gasteiger partial charge in [-0.15, -0.1) is 0 Å². The molecule has 8 bridgehead atoms. The first-order valence-corrected chi connectivity index (χ1v) is 24.3. The van der Waals surface area contributed by atoms with E-state index < -0.39 is 11.9 Å². The molecule has 1 aliphatic carbocycles. The van der Waals surface area contributed by atoms with Gasteiger partial charge in [0.1, 0.15) is 18.3 Å². The van der Waals surface area contributed by atoms with Crippen LogP contribution in [0.3, 0.4) is 0 Å². The number of carbonyl (C=O) groups is 3. The molecule has 6 aliphatic rings. The average Bonchev–Trinajstić information content (AvgIpc) is 4.00. The van der Waals surface area contributed by atoms with Crippen LogP contribution in [0.4, 0.5) is 0 Å². The third-order valence-corrected chi connectivity index (χ3v) is 14.4. The number of methoxy groups -OCH3 is 1. The van der Waals surface area contributed by atoms with E-state index in [1.54, 1.807) is 6.92 Å². The van der Waals surface area contributed by atoms with Gasteiger partial charge in [-0.1, -0.05) is 92.1 Å². The zero-order chi connectivity index (χ0) is 47.3. The third kappa shape index (κ3) is 11.0. The molecule has 10 nitrogen and oxygen atoms in total. The Hall–Kier alpha value is -5.12. The number of rotatable bonds is 20. The normalized spacial score (nSPS) is 22.6. The number of carbonyl (C=O) groups excluding carboxylic acids is 3. The van der Waals surface area contributed by atoms with Crippen LogP contribution in [0, 0.1) is 35.5 Å². The molecule has 2 N–H and O–H groups in total. The molecule has 1 fully saturated rings. The van der Waals surface area contributed by atoms with E-state index in [0.717, 1.165) is 64.8 Å². The van der Waals surface area contributed by atoms with Gasteiger partial charge in [0.2, 0.25) is 0 Å². The van der Waals surface area contributed by atoms with Gasteiger partial charge in [0.15, 0.2) is 5.78 Å². The molecule has 65 heavy (non-hydrogen) atoms. The largest absolute Gasteiger partial charge is 0.510 e. The number of esters is 2. The van der Waals surface area contributed by atoms with E-state index in [1.165, 1.54) is 57.6 Å². The van der Waals surface area contributed by atoms with Gasteiger partial charge >= 0.3 is 11.9 Å². The van der Waals surface area contributed by atoms with Gasteiger partial charge < -0.3 is 19.9 Å². The van der Waals surface area contributed by atoms with E-state index in [1.807, 2.05) is 45.1 Å². The summed E-state index contributed by atoms with van der Waals surface area (Å²) in [6.45, 7) is 23.3. The molecular formula is C55H74N4O6. The summed E-state index contributed by atoms with van der Waals surface area (Å²) >= 11 is 0. The first-order valence-electron chi connectivity index (χ1n) is 24.3. The van der Waals surface area contributed by atoms with E-state index in [2.05, 4.69) is 53.8 Å². The fourth-order valence-electron chi connectivity index (χ4n) is 10.3. The Labute approximate surface area is 388 Å².